The number of rotatable bonds is 2. The van der Waals surface area contributed by atoms with Crippen LogP contribution < -0.4 is 0 Å². The number of nitrogens with zero attached hydrogens (tertiary/aromatic N) is 1. The second kappa shape index (κ2) is 5.41. The van der Waals surface area contributed by atoms with Gasteiger partial charge >= 0.3 is 0 Å². The van der Waals surface area contributed by atoms with Crippen molar-refractivity contribution in [3.63, 3.8) is 0 Å². The van der Waals surface area contributed by atoms with Crippen molar-refractivity contribution in [2.45, 2.75) is 32.3 Å². The Morgan fingerprint density at radius 1 is 1.09 bits per heavy atom. The quantitative estimate of drug-likeness (QED) is 0.734. The van der Waals surface area contributed by atoms with E-state index in [1.165, 1.54) is 0 Å². The van der Waals surface area contributed by atoms with E-state index in [4.69, 9.17) is 16.0 Å². The van der Waals surface area contributed by atoms with Gasteiger partial charge in [-0.05, 0) is 23.8 Å². The van der Waals surface area contributed by atoms with Crippen LogP contribution in [0.15, 0.2) is 46.9 Å². The monoisotopic (exact) mass is 315 g/mol. The fourth-order valence-electron chi connectivity index (χ4n) is 2.33. The molecular weight excluding hydrogens is 298 g/mol. The van der Waals surface area contributed by atoms with Crippen LogP contribution in [0.1, 0.15) is 43.9 Å². The van der Waals surface area contributed by atoms with Gasteiger partial charge in [0.15, 0.2) is 5.58 Å². The van der Waals surface area contributed by atoms with Gasteiger partial charge in [-0.25, -0.2) is 4.98 Å². The Balaban J connectivity index is 2.10. The topological polar surface area (TPSA) is 46.3 Å². The molecule has 0 aliphatic heterocycles. The number of aliphatic hydroxyl groups is 1. The fraction of sp³-hybridized carbons (Fsp3) is 0.278. The highest BCUT2D eigenvalue weighted by Crippen LogP contribution is 2.32. The summed E-state index contributed by atoms with van der Waals surface area (Å²) in [5.74, 6) is 0.665. The van der Waals surface area contributed by atoms with E-state index in [-0.39, 0.29) is 5.41 Å². The maximum Gasteiger partial charge on any atom is 0.200 e. The molecule has 0 amide bonds. The van der Waals surface area contributed by atoms with Crippen LogP contribution in [0.4, 0.5) is 0 Å². The molecular formula is C18H18ClNO2. The zero-order valence-electron chi connectivity index (χ0n) is 12.8. The second-order valence-electron chi connectivity index (χ2n) is 6.42. The molecule has 1 aromatic heterocycles. The normalized spacial score (nSPS) is 13.5. The summed E-state index contributed by atoms with van der Waals surface area (Å²) in [7, 11) is 0. The number of fused-ring (bicyclic) bond motifs is 1. The first-order chi connectivity index (χ1) is 10.4. The lowest BCUT2D eigenvalue weighted by molar-refractivity contribution is 0.220. The zero-order chi connectivity index (χ0) is 15.9. The van der Waals surface area contributed by atoms with Gasteiger partial charge in [-0.1, -0.05) is 56.6 Å². The van der Waals surface area contributed by atoms with Crippen LogP contribution in [0.5, 0.6) is 0 Å². The summed E-state index contributed by atoms with van der Waals surface area (Å²) in [6.45, 7) is 6.15. The lowest BCUT2D eigenvalue weighted by atomic mass is 9.97. The molecule has 1 unspecified atom stereocenters. The van der Waals surface area contributed by atoms with E-state index in [1.54, 1.807) is 12.1 Å². The highest BCUT2D eigenvalue weighted by molar-refractivity contribution is 6.30. The number of oxazole rings is 1. The van der Waals surface area contributed by atoms with Gasteiger partial charge in [0, 0.05) is 16.0 Å². The number of benzene rings is 2. The lowest BCUT2D eigenvalue weighted by Gasteiger charge is -2.13. The van der Waals surface area contributed by atoms with Crippen molar-refractivity contribution < 1.29 is 9.52 Å². The smallest absolute Gasteiger partial charge is 0.200 e. The van der Waals surface area contributed by atoms with Crippen molar-refractivity contribution in [1.29, 1.82) is 0 Å². The third-order valence-corrected chi connectivity index (χ3v) is 3.82. The van der Waals surface area contributed by atoms with Gasteiger partial charge in [0.05, 0.1) is 0 Å². The van der Waals surface area contributed by atoms with Crippen LogP contribution in [0.25, 0.3) is 11.1 Å². The molecule has 22 heavy (non-hydrogen) atoms. The van der Waals surface area contributed by atoms with E-state index in [0.717, 1.165) is 11.1 Å². The molecule has 0 saturated carbocycles. The standard InChI is InChI=1S/C18H18ClNO2/c1-18(2,3)17-20-14-6-4-5-13(16(14)22-17)15(21)11-7-9-12(19)10-8-11/h4-10,15,21H,1-3H3. The number of aliphatic hydroxyl groups excluding tert-OH is 1. The summed E-state index contributed by atoms with van der Waals surface area (Å²) in [6, 6.07) is 12.8. The van der Waals surface area contributed by atoms with Crippen molar-refractivity contribution in [2.75, 3.05) is 0 Å². The summed E-state index contributed by atoms with van der Waals surface area (Å²) in [5.41, 5.74) is 2.69. The third-order valence-electron chi connectivity index (χ3n) is 3.57. The van der Waals surface area contributed by atoms with E-state index in [0.29, 0.717) is 22.1 Å². The van der Waals surface area contributed by atoms with Gasteiger partial charge in [-0.3, -0.25) is 0 Å². The SMILES string of the molecule is CC(C)(C)c1nc2cccc(C(O)c3ccc(Cl)cc3)c2o1. The molecule has 0 radical (unpaired) electrons. The Morgan fingerprint density at radius 3 is 2.41 bits per heavy atom. The van der Waals surface area contributed by atoms with Gasteiger partial charge < -0.3 is 9.52 Å². The Kier molecular flexibility index (Phi) is 3.71. The Bertz CT molecular complexity index is 800. The van der Waals surface area contributed by atoms with Crippen LogP contribution >= 0.6 is 11.6 Å². The molecule has 1 atom stereocenters. The Morgan fingerprint density at radius 2 is 1.77 bits per heavy atom. The Hall–Kier alpha value is -1.84. The maximum atomic E-state index is 10.7. The van der Waals surface area contributed by atoms with E-state index in [1.807, 2.05) is 51.1 Å². The molecule has 0 bridgehead atoms. The highest BCUT2D eigenvalue weighted by Gasteiger charge is 2.23. The van der Waals surface area contributed by atoms with Crippen LogP contribution in [0, 0.1) is 0 Å². The predicted molar refractivity (Wildman–Crippen MR) is 88.2 cm³/mol. The first-order valence-corrected chi connectivity index (χ1v) is 7.57. The van der Waals surface area contributed by atoms with E-state index < -0.39 is 6.10 Å². The number of para-hydroxylation sites is 1. The summed E-state index contributed by atoms with van der Waals surface area (Å²) in [5, 5.41) is 11.3. The highest BCUT2D eigenvalue weighted by atomic mass is 35.5. The fourth-order valence-corrected chi connectivity index (χ4v) is 2.46. The molecule has 114 valence electrons. The number of hydrogen-bond acceptors (Lipinski definition) is 3. The average Bonchev–Trinajstić information content (AvgIpc) is 2.91. The summed E-state index contributed by atoms with van der Waals surface area (Å²) >= 11 is 5.90. The van der Waals surface area contributed by atoms with Crippen molar-refractivity contribution in [2.24, 2.45) is 0 Å². The minimum atomic E-state index is -0.776. The van der Waals surface area contributed by atoms with E-state index in [9.17, 15) is 5.11 Å². The molecule has 3 nitrogen and oxygen atoms in total. The average molecular weight is 316 g/mol. The zero-order valence-corrected chi connectivity index (χ0v) is 13.6. The molecule has 0 spiro atoms. The molecule has 4 heteroatoms. The van der Waals surface area contributed by atoms with Crippen molar-refractivity contribution in [3.8, 4) is 0 Å². The summed E-state index contributed by atoms with van der Waals surface area (Å²) < 4.78 is 5.93. The molecule has 0 aliphatic rings. The molecule has 3 rings (SSSR count). The van der Waals surface area contributed by atoms with Crippen LogP contribution in [0.3, 0.4) is 0 Å². The summed E-state index contributed by atoms with van der Waals surface area (Å²) in [6.07, 6.45) is -0.776. The molecule has 0 aliphatic carbocycles. The van der Waals surface area contributed by atoms with Crippen molar-refractivity contribution >= 4 is 22.7 Å². The van der Waals surface area contributed by atoms with Crippen LogP contribution in [-0.2, 0) is 5.41 Å². The van der Waals surface area contributed by atoms with E-state index >= 15 is 0 Å². The molecule has 3 aromatic rings. The van der Waals surface area contributed by atoms with E-state index in [2.05, 4.69) is 4.98 Å². The van der Waals surface area contributed by atoms with Gasteiger partial charge in [0.1, 0.15) is 11.6 Å². The van der Waals surface area contributed by atoms with Gasteiger partial charge in [0.2, 0.25) is 5.89 Å². The molecule has 0 saturated heterocycles. The van der Waals surface area contributed by atoms with Crippen LogP contribution in [0.2, 0.25) is 5.02 Å². The Labute approximate surface area is 134 Å². The minimum absolute atomic E-state index is 0.179. The van der Waals surface area contributed by atoms with Crippen LogP contribution in [-0.4, -0.2) is 10.1 Å². The van der Waals surface area contributed by atoms with Gasteiger partial charge in [-0.2, -0.15) is 0 Å². The number of halogens is 1. The largest absolute Gasteiger partial charge is 0.440 e. The first-order valence-electron chi connectivity index (χ1n) is 7.20. The predicted octanol–water partition coefficient (Wildman–Crippen LogP) is 4.86. The lowest BCUT2D eigenvalue weighted by Crippen LogP contribution is -2.10. The first kappa shape index (κ1) is 15.1. The molecule has 0 fully saturated rings. The van der Waals surface area contributed by atoms with Gasteiger partial charge in [-0.15, -0.1) is 0 Å². The maximum absolute atomic E-state index is 10.7. The van der Waals surface area contributed by atoms with Crippen molar-refractivity contribution in [1.82, 2.24) is 4.98 Å². The molecule has 1 heterocycles. The third kappa shape index (κ3) is 2.74. The number of hydrogen-bond donors (Lipinski definition) is 1. The summed E-state index contributed by atoms with van der Waals surface area (Å²) in [4.78, 5) is 4.54. The molecule has 1 N–H and O–H groups in total. The van der Waals surface area contributed by atoms with Crippen molar-refractivity contribution in [3.05, 3.63) is 64.5 Å². The van der Waals surface area contributed by atoms with Gasteiger partial charge in [0.25, 0.3) is 0 Å². The second-order valence-corrected chi connectivity index (χ2v) is 6.86. The minimum Gasteiger partial charge on any atom is -0.440 e. The number of aromatic nitrogens is 1. The molecule has 2 aromatic carbocycles.